The van der Waals surface area contributed by atoms with Gasteiger partial charge in [0.2, 0.25) is 10.0 Å². The van der Waals surface area contributed by atoms with E-state index in [1.807, 2.05) is 6.92 Å². The highest BCUT2D eigenvalue weighted by Crippen LogP contribution is 2.26. The number of benzene rings is 1. The minimum Gasteiger partial charge on any atom is -0.391 e. The van der Waals surface area contributed by atoms with Crippen LogP contribution in [0.25, 0.3) is 0 Å². The largest absolute Gasteiger partial charge is 0.391 e. The van der Waals surface area contributed by atoms with Crippen molar-refractivity contribution in [2.24, 2.45) is 0 Å². The summed E-state index contributed by atoms with van der Waals surface area (Å²) in [7, 11) is -1.95. The quantitative estimate of drug-likeness (QED) is 0.922. The smallest absolute Gasteiger partial charge is 0.243 e. The van der Waals surface area contributed by atoms with Gasteiger partial charge in [0.25, 0.3) is 0 Å². The van der Waals surface area contributed by atoms with E-state index in [2.05, 4.69) is 0 Å². The first-order valence-electron chi connectivity index (χ1n) is 6.65. The molecule has 0 aromatic heterocycles. The van der Waals surface area contributed by atoms with Crippen molar-refractivity contribution in [3.63, 3.8) is 0 Å². The average Bonchev–Trinajstić information content (AvgIpc) is 2.39. The Morgan fingerprint density at radius 3 is 2.32 bits per heavy atom. The molecule has 106 valence electrons. The van der Waals surface area contributed by atoms with E-state index >= 15 is 0 Å². The van der Waals surface area contributed by atoms with Crippen molar-refractivity contribution in [2.75, 3.05) is 7.05 Å². The van der Waals surface area contributed by atoms with Crippen LogP contribution < -0.4 is 0 Å². The fraction of sp³-hybridized carbons (Fsp3) is 0.571. The minimum absolute atomic E-state index is 0.290. The lowest BCUT2D eigenvalue weighted by molar-refractivity contribution is 0.0638. The van der Waals surface area contributed by atoms with E-state index in [4.69, 9.17) is 0 Å². The van der Waals surface area contributed by atoms with Crippen LogP contribution in [0.15, 0.2) is 29.2 Å². The maximum absolute atomic E-state index is 12.5. The maximum atomic E-state index is 12.5. The predicted octanol–water partition coefficient (Wildman–Crippen LogP) is 1.92. The normalized spacial score (nSPS) is 24.6. The Morgan fingerprint density at radius 2 is 1.74 bits per heavy atom. The first kappa shape index (κ1) is 14.5. The molecule has 0 radical (unpaired) electrons. The number of nitrogens with zero attached hydrogens (tertiary/aromatic N) is 1. The molecule has 2 rings (SSSR count). The third-order valence-corrected chi connectivity index (χ3v) is 5.76. The van der Waals surface area contributed by atoms with Crippen LogP contribution >= 0.6 is 0 Å². The molecule has 0 amide bonds. The van der Waals surface area contributed by atoms with Gasteiger partial charge < -0.3 is 5.11 Å². The van der Waals surface area contributed by atoms with Crippen LogP contribution in [-0.2, 0) is 10.0 Å². The first-order valence-corrected chi connectivity index (χ1v) is 8.09. The molecule has 0 saturated heterocycles. The van der Waals surface area contributed by atoms with Crippen molar-refractivity contribution < 1.29 is 13.5 Å². The minimum atomic E-state index is -3.51. The fourth-order valence-electron chi connectivity index (χ4n) is 2.57. The molecule has 0 heterocycles. The maximum Gasteiger partial charge on any atom is 0.243 e. The molecule has 0 unspecified atom stereocenters. The van der Waals surface area contributed by atoms with Crippen molar-refractivity contribution in [1.29, 1.82) is 0 Å². The van der Waals surface area contributed by atoms with E-state index < -0.39 is 16.1 Å². The summed E-state index contributed by atoms with van der Waals surface area (Å²) >= 11 is 0. The molecule has 0 aliphatic heterocycles. The highest BCUT2D eigenvalue weighted by Gasteiger charge is 2.34. The number of hydrogen-bond donors (Lipinski definition) is 1. The molecule has 5 heteroatoms. The van der Waals surface area contributed by atoms with Gasteiger partial charge in [0, 0.05) is 7.05 Å². The summed E-state index contributed by atoms with van der Waals surface area (Å²) in [6.07, 6.45) is 2.78. The van der Waals surface area contributed by atoms with Crippen LogP contribution in [0.4, 0.5) is 0 Å². The summed E-state index contributed by atoms with van der Waals surface area (Å²) in [5.41, 5.74) is 1.03. The number of likely N-dealkylation sites (N-methyl/N-ethyl adjacent to an activating group) is 1. The topological polar surface area (TPSA) is 57.6 Å². The number of sulfonamides is 1. The molecule has 1 N–H and O–H groups in total. The fourth-order valence-corrected chi connectivity index (χ4v) is 3.99. The van der Waals surface area contributed by atoms with Crippen molar-refractivity contribution in [3.8, 4) is 0 Å². The average molecular weight is 283 g/mol. The molecule has 1 aliphatic rings. The van der Waals surface area contributed by atoms with E-state index in [0.717, 1.165) is 24.8 Å². The summed E-state index contributed by atoms with van der Waals surface area (Å²) in [6, 6.07) is 6.52. The van der Waals surface area contributed by atoms with Gasteiger partial charge in [0.15, 0.2) is 0 Å². The van der Waals surface area contributed by atoms with Gasteiger partial charge in [-0.3, -0.25) is 0 Å². The van der Waals surface area contributed by atoms with Crippen LogP contribution in [0.2, 0.25) is 0 Å². The van der Waals surface area contributed by atoms with Crippen LogP contribution in [0.1, 0.15) is 31.2 Å². The van der Waals surface area contributed by atoms with Crippen LogP contribution in [0.5, 0.6) is 0 Å². The zero-order valence-electron chi connectivity index (χ0n) is 11.4. The van der Waals surface area contributed by atoms with Crippen LogP contribution in [-0.4, -0.2) is 37.0 Å². The number of aryl methyl sites for hydroxylation is 1. The molecule has 1 aromatic carbocycles. The molecule has 2 atom stereocenters. The van der Waals surface area contributed by atoms with Crippen LogP contribution in [0.3, 0.4) is 0 Å². The van der Waals surface area contributed by atoms with E-state index in [0.29, 0.717) is 11.3 Å². The standard InChI is InChI=1S/C14H21NO3S/c1-11-7-9-12(10-8-11)19(17,18)15(2)13-5-3-4-6-14(13)16/h7-10,13-14,16H,3-6H2,1-2H3/t13-,14+/m1/s1. The van der Waals surface area contributed by atoms with Gasteiger partial charge in [-0.1, -0.05) is 30.5 Å². The van der Waals surface area contributed by atoms with Gasteiger partial charge >= 0.3 is 0 Å². The highest BCUT2D eigenvalue weighted by atomic mass is 32.2. The Labute approximate surface area is 115 Å². The summed E-state index contributed by atoms with van der Waals surface area (Å²) in [6.45, 7) is 1.92. The lowest BCUT2D eigenvalue weighted by Crippen LogP contribution is -2.46. The Hall–Kier alpha value is -0.910. The van der Waals surface area contributed by atoms with Gasteiger partial charge in [0.05, 0.1) is 17.0 Å². The SMILES string of the molecule is Cc1ccc(S(=O)(=O)N(C)[C@@H]2CCCC[C@@H]2O)cc1. The Balaban J connectivity index is 2.25. The predicted molar refractivity (Wildman–Crippen MR) is 74.4 cm³/mol. The second kappa shape index (κ2) is 5.61. The molecule has 4 nitrogen and oxygen atoms in total. The van der Waals surface area contributed by atoms with Gasteiger partial charge in [-0.05, 0) is 31.9 Å². The summed E-state index contributed by atoms with van der Waals surface area (Å²) in [5.74, 6) is 0. The molecule has 19 heavy (non-hydrogen) atoms. The molecular formula is C14H21NO3S. The van der Waals surface area contributed by atoms with Gasteiger partial charge in [-0.25, -0.2) is 8.42 Å². The van der Waals surface area contributed by atoms with Gasteiger partial charge in [-0.15, -0.1) is 0 Å². The van der Waals surface area contributed by atoms with Gasteiger partial charge in [-0.2, -0.15) is 4.31 Å². The van der Waals surface area contributed by atoms with Crippen molar-refractivity contribution in [1.82, 2.24) is 4.31 Å². The summed E-state index contributed by atoms with van der Waals surface area (Å²) < 4.78 is 26.3. The molecule has 1 saturated carbocycles. The monoisotopic (exact) mass is 283 g/mol. The van der Waals surface area contributed by atoms with E-state index in [1.54, 1.807) is 31.3 Å². The second-order valence-corrected chi connectivity index (χ2v) is 7.25. The molecule has 1 aromatic rings. The lowest BCUT2D eigenvalue weighted by atomic mass is 9.93. The van der Waals surface area contributed by atoms with Crippen molar-refractivity contribution >= 4 is 10.0 Å². The van der Waals surface area contributed by atoms with Crippen molar-refractivity contribution in [2.45, 2.75) is 49.6 Å². The van der Waals surface area contributed by atoms with E-state index in [-0.39, 0.29) is 6.04 Å². The van der Waals surface area contributed by atoms with E-state index in [9.17, 15) is 13.5 Å². The van der Waals surface area contributed by atoms with Crippen LogP contribution in [0, 0.1) is 6.92 Å². The van der Waals surface area contributed by atoms with E-state index in [1.165, 1.54) is 4.31 Å². The Bertz CT molecular complexity index is 524. The first-order chi connectivity index (χ1) is 8.93. The Kier molecular flexibility index (Phi) is 4.28. The third kappa shape index (κ3) is 2.99. The molecule has 0 bridgehead atoms. The molecular weight excluding hydrogens is 262 g/mol. The number of aliphatic hydroxyl groups is 1. The lowest BCUT2D eigenvalue weighted by Gasteiger charge is -2.34. The van der Waals surface area contributed by atoms with Crippen molar-refractivity contribution in [3.05, 3.63) is 29.8 Å². The third-order valence-electron chi connectivity index (χ3n) is 3.86. The highest BCUT2D eigenvalue weighted by molar-refractivity contribution is 7.89. The summed E-state index contributed by atoms with van der Waals surface area (Å²) in [5, 5.41) is 9.99. The second-order valence-electron chi connectivity index (χ2n) is 5.25. The number of rotatable bonds is 3. The zero-order valence-corrected chi connectivity index (χ0v) is 12.2. The molecule has 1 aliphatic carbocycles. The molecule has 1 fully saturated rings. The zero-order chi connectivity index (χ0) is 14.0. The Morgan fingerprint density at radius 1 is 1.16 bits per heavy atom. The number of aliphatic hydroxyl groups excluding tert-OH is 1. The van der Waals surface area contributed by atoms with Gasteiger partial charge in [0.1, 0.15) is 0 Å². The number of hydrogen-bond acceptors (Lipinski definition) is 3. The summed E-state index contributed by atoms with van der Waals surface area (Å²) in [4.78, 5) is 0.290. The molecule has 0 spiro atoms.